The number of rotatable bonds is 5. The molecule has 1 aromatic carbocycles. The van der Waals surface area contributed by atoms with E-state index < -0.39 is 0 Å². The zero-order valence-corrected chi connectivity index (χ0v) is 12.6. The van der Waals surface area contributed by atoms with Crippen molar-refractivity contribution >= 4 is 11.0 Å². The summed E-state index contributed by atoms with van der Waals surface area (Å²) in [6.45, 7) is 7.61. The molecule has 1 N–H and O–H groups in total. The zero-order valence-electron chi connectivity index (χ0n) is 12.6. The minimum absolute atomic E-state index is 0.944. The Kier molecular flexibility index (Phi) is 4.02. The molecule has 2 aromatic heterocycles. The molecule has 21 heavy (non-hydrogen) atoms. The van der Waals surface area contributed by atoms with Crippen molar-refractivity contribution in [2.24, 2.45) is 0 Å². The zero-order chi connectivity index (χ0) is 14.7. The highest BCUT2D eigenvalue weighted by Gasteiger charge is 2.06. The Morgan fingerprint density at radius 1 is 1.00 bits per heavy atom. The number of hydrogen-bond donors (Lipinski definition) is 1. The van der Waals surface area contributed by atoms with Gasteiger partial charge in [-0.05, 0) is 41.9 Å². The second-order valence-electron chi connectivity index (χ2n) is 5.26. The topological polar surface area (TPSA) is 31.9 Å². The van der Waals surface area contributed by atoms with Gasteiger partial charge in [-0.15, -0.1) is 0 Å². The second kappa shape index (κ2) is 6.10. The van der Waals surface area contributed by atoms with E-state index in [0.29, 0.717) is 0 Å². The van der Waals surface area contributed by atoms with Crippen LogP contribution >= 0.6 is 0 Å². The third kappa shape index (κ3) is 2.83. The summed E-state index contributed by atoms with van der Waals surface area (Å²) in [5, 5.41) is 1.17. The molecule has 3 heteroatoms. The van der Waals surface area contributed by atoms with Crippen LogP contribution in [0.15, 0.2) is 48.8 Å². The van der Waals surface area contributed by atoms with Crippen LogP contribution in [0.1, 0.15) is 19.4 Å². The van der Waals surface area contributed by atoms with Crippen molar-refractivity contribution in [3.05, 3.63) is 54.4 Å². The van der Waals surface area contributed by atoms with Crippen LogP contribution in [0.25, 0.3) is 22.2 Å². The lowest BCUT2D eigenvalue weighted by Gasteiger charge is -2.18. The van der Waals surface area contributed by atoms with Crippen molar-refractivity contribution in [3.63, 3.8) is 0 Å². The van der Waals surface area contributed by atoms with Gasteiger partial charge in [0, 0.05) is 24.3 Å². The van der Waals surface area contributed by atoms with E-state index in [9.17, 15) is 0 Å². The number of nitrogens with zero attached hydrogens (tertiary/aromatic N) is 2. The molecule has 3 rings (SSSR count). The SMILES string of the molecule is CCN(CC)Cc1ccc(-c2ccnc3[nH]ccc23)cc1. The lowest BCUT2D eigenvalue weighted by Crippen LogP contribution is -2.21. The van der Waals surface area contributed by atoms with Crippen LogP contribution in [-0.4, -0.2) is 28.0 Å². The number of hydrogen-bond acceptors (Lipinski definition) is 2. The number of aromatic amines is 1. The molecule has 0 unspecified atom stereocenters. The fourth-order valence-electron chi connectivity index (χ4n) is 2.71. The minimum Gasteiger partial charge on any atom is -0.346 e. The number of H-pyrrole nitrogens is 1. The standard InChI is InChI=1S/C18H21N3/c1-3-21(4-2)13-14-5-7-15(8-6-14)16-9-11-19-18-17(16)10-12-20-18/h5-12H,3-4,13H2,1-2H3,(H,19,20). The smallest absolute Gasteiger partial charge is 0.137 e. The molecule has 0 atom stereocenters. The fraction of sp³-hybridized carbons (Fsp3) is 0.278. The van der Waals surface area contributed by atoms with Gasteiger partial charge in [0.15, 0.2) is 0 Å². The third-order valence-corrected chi connectivity index (χ3v) is 4.03. The van der Waals surface area contributed by atoms with Gasteiger partial charge in [-0.2, -0.15) is 0 Å². The van der Waals surface area contributed by atoms with Crippen LogP contribution in [0.5, 0.6) is 0 Å². The molecule has 3 nitrogen and oxygen atoms in total. The first-order valence-corrected chi connectivity index (χ1v) is 7.55. The van der Waals surface area contributed by atoms with Gasteiger partial charge in [0.1, 0.15) is 5.65 Å². The van der Waals surface area contributed by atoms with Crippen molar-refractivity contribution in [2.75, 3.05) is 13.1 Å². The lowest BCUT2D eigenvalue weighted by atomic mass is 10.0. The highest BCUT2D eigenvalue weighted by atomic mass is 15.1. The van der Waals surface area contributed by atoms with E-state index in [0.717, 1.165) is 25.3 Å². The summed E-state index contributed by atoms with van der Waals surface area (Å²) in [6, 6.07) is 13.0. The van der Waals surface area contributed by atoms with Crippen LogP contribution in [0, 0.1) is 0 Å². The van der Waals surface area contributed by atoms with Gasteiger partial charge in [-0.3, -0.25) is 4.90 Å². The van der Waals surface area contributed by atoms with Gasteiger partial charge in [0.2, 0.25) is 0 Å². The van der Waals surface area contributed by atoms with Crippen molar-refractivity contribution in [3.8, 4) is 11.1 Å². The maximum atomic E-state index is 4.34. The van der Waals surface area contributed by atoms with Crippen molar-refractivity contribution in [2.45, 2.75) is 20.4 Å². The lowest BCUT2D eigenvalue weighted by molar-refractivity contribution is 0.296. The average Bonchev–Trinajstić information content (AvgIpc) is 3.02. The Bertz CT molecular complexity index is 709. The van der Waals surface area contributed by atoms with Gasteiger partial charge < -0.3 is 4.98 Å². The van der Waals surface area contributed by atoms with E-state index in [1.807, 2.05) is 12.4 Å². The Hall–Kier alpha value is -2.13. The van der Waals surface area contributed by atoms with E-state index in [1.165, 1.54) is 22.1 Å². The second-order valence-corrected chi connectivity index (χ2v) is 5.26. The number of pyridine rings is 1. The normalized spacial score (nSPS) is 11.4. The first-order chi connectivity index (χ1) is 10.3. The maximum absolute atomic E-state index is 4.34. The fourth-order valence-corrected chi connectivity index (χ4v) is 2.71. The minimum atomic E-state index is 0.944. The van der Waals surface area contributed by atoms with Gasteiger partial charge in [0.05, 0.1) is 0 Å². The highest BCUT2D eigenvalue weighted by Crippen LogP contribution is 2.27. The maximum Gasteiger partial charge on any atom is 0.137 e. The summed E-state index contributed by atoms with van der Waals surface area (Å²) in [7, 11) is 0. The predicted molar refractivity (Wildman–Crippen MR) is 88.2 cm³/mol. The van der Waals surface area contributed by atoms with Crippen molar-refractivity contribution in [1.29, 1.82) is 0 Å². The summed E-state index contributed by atoms with van der Waals surface area (Å²) in [6.07, 6.45) is 3.80. The number of benzene rings is 1. The van der Waals surface area contributed by atoms with Crippen LogP contribution in [-0.2, 0) is 6.54 Å². The van der Waals surface area contributed by atoms with E-state index in [2.05, 4.69) is 65.1 Å². The van der Waals surface area contributed by atoms with E-state index >= 15 is 0 Å². The largest absolute Gasteiger partial charge is 0.346 e. The van der Waals surface area contributed by atoms with Crippen LogP contribution < -0.4 is 0 Å². The molecule has 2 heterocycles. The molecule has 3 aromatic rings. The summed E-state index contributed by atoms with van der Waals surface area (Å²) in [5.74, 6) is 0. The Morgan fingerprint density at radius 2 is 1.76 bits per heavy atom. The van der Waals surface area contributed by atoms with Crippen LogP contribution in [0.4, 0.5) is 0 Å². The predicted octanol–water partition coefficient (Wildman–Crippen LogP) is 4.07. The molecule has 0 fully saturated rings. The monoisotopic (exact) mass is 279 g/mol. The molecule has 0 saturated carbocycles. The summed E-state index contributed by atoms with van der Waals surface area (Å²) in [4.78, 5) is 9.93. The molecular formula is C18H21N3. The van der Waals surface area contributed by atoms with E-state index in [1.54, 1.807) is 0 Å². The third-order valence-electron chi connectivity index (χ3n) is 4.03. The Balaban J connectivity index is 1.89. The number of fused-ring (bicyclic) bond motifs is 1. The van der Waals surface area contributed by atoms with Crippen molar-refractivity contribution < 1.29 is 0 Å². The van der Waals surface area contributed by atoms with Gasteiger partial charge in [0.25, 0.3) is 0 Å². The van der Waals surface area contributed by atoms with Crippen LogP contribution in [0.2, 0.25) is 0 Å². The molecule has 0 radical (unpaired) electrons. The molecule has 0 aliphatic carbocycles. The number of nitrogens with one attached hydrogen (secondary N) is 1. The highest BCUT2D eigenvalue weighted by molar-refractivity contribution is 5.92. The van der Waals surface area contributed by atoms with Crippen LogP contribution in [0.3, 0.4) is 0 Å². The quantitative estimate of drug-likeness (QED) is 0.763. The van der Waals surface area contributed by atoms with E-state index in [4.69, 9.17) is 0 Å². The molecule has 108 valence electrons. The molecule has 0 spiro atoms. The first kappa shape index (κ1) is 13.8. The Morgan fingerprint density at radius 3 is 2.48 bits per heavy atom. The van der Waals surface area contributed by atoms with Gasteiger partial charge in [-0.1, -0.05) is 38.1 Å². The van der Waals surface area contributed by atoms with Crippen molar-refractivity contribution in [1.82, 2.24) is 14.9 Å². The molecule has 0 bridgehead atoms. The molecule has 0 aliphatic rings. The van der Waals surface area contributed by atoms with Gasteiger partial charge in [-0.25, -0.2) is 4.98 Å². The first-order valence-electron chi connectivity index (χ1n) is 7.55. The molecular weight excluding hydrogens is 258 g/mol. The average molecular weight is 279 g/mol. The number of aromatic nitrogens is 2. The summed E-state index contributed by atoms with van der Waals surface area (Å²) >= 11 is 0. The summed E-state index contributed by atoms with van der Waals surface area (Å²) < 4.78 is 0. The van der Waals surface area contributed by atoms with E-state index in [-0.39, 0.29) is 0 Å². The molecule has 0 amide bonds. The van der Waals surface area contributed by atoms with Gasteiger partial charge >= 0.3 is 0 Å². The molecule has 0 saturated heterocycles. The Labute approximate surface area is 125 Å². The summed E-state index contributed by atoms with van der Waals surface area (Å²) in [5.41, 5.74) is 4.78. The molecule has 0 aliphatic heterocycles.